The van der Waals surface area contributed by atoms with Gasteiger partial charge >= 0.3 is 0 Å². The number of amides is 2. The third-order valence-corrected chi connectivity index (χ3v) is 2.82. The average molecular weight is 232 g/mol. The van der Waals surface area contributed by atoms with Crippen molar-refractivity contribution in [2.75, 3.05) is 19.8 Å². The second-order valence-electron chi connectivity index (χ2n) is 3.79. The molecule has 2 amide bonds. The summed E-state index contributed by atoms with van der Waals surface area (Å²) in [5.41, 5.74) is 0. The summed E-state index contributed by atoms with van der Waals surface area (Å²) < 4.78 is 0. The molecule has 4 nitrogen and oxygen atoms in total. The highest BCUT2D eigenvalue weighted by Gasteiger charge is 2.18. The fourth-order valence-electron chi connectivity index (χ4n) is 1.07. The van der Waals surface area contributed by atoms with Crippen LogP contribution in [0, 0.1) is 0 Å². The zero-order valence-electron chi connectivity index (χ0n) is 10.0. The van der Waals surface area contributed by atoms with E-state index in [0.29, 0.717) is 0 Å². The lowest BCUT2D eigenvalue weighted by molar-refractivity contribution is -0.134. The Morgan fingerprint density at radius 2 is 1.87 bits per heavy atom. The third-order valence-electron chi connectivity index (χ3n) is 1.91. The average Bonchev–Trinajstić information content (AvgIpc) is 2.13. The van der Waals surface area contributed by atoms with Crippen molar-refractivity contribution in [2.24, 2.45) is 0 Å². The molecule has 0 saturated heterocycles. The summed E-state index contributed by atoms with van der Waals surface area (Å²) in [6.45, 7) is 5.75. The SMILES string of the molecule is CS[C@@H](C)C(=O)N(C)CC(=O)NC(C)C. The number of carbonyl (C=O) groups is 2. The van der Waals surface area contributed by atoms with Crippen molar-refractivity contribution in [3.05, 3.63) is 0 Å². The van der Waals surface area contributed by atoms with Gasteiger partial charge < -0.3 is 10.2 Å². The summed E-state index contributed by atoms with van der Waals surface area (Å²) in [5, 5.41) is 2.65. The lowest BCUT2D eigenvalue weighted by Crippen LogP contribution is -2.43. The van der Waals surface area contributed by atoms with Crippen LogP contribution in [0.1, 0.15) is 20.8 Å². The van der Waals surface area contributed by atoms with Gasteiger partial charge in [-0.25, -0.2) is 0 Å². The van der Waals surface area contributed by atoms with Gasteiger partial charge in [0.15, 0.2) is 0 Å². The molecular weight excluding hydrogens is 212 g/mol. The van der Waals surface area contributed by atoms with E-state index in [-0.39, 0.29) is 29.7 Å². The van der Waals surface area contributed by atoms with Gasteiger partial charge in [0.2, 0.25) is 11.8 Å². The Bertz CT molecular complexity index is 231. The third kappa shape index (κ3) is 5.67. The van der Waals surface area contributed by atoms with Crippen molar-refractivity contribution in [1.82, 2.24) is 10.2 Å². The van der Waals surface area contributed by atoms with E-state index >= 15 is 0 Å². The molecule has 0 aromatic heterocycles. The zero-order chi connectivity index (χ0) is 12.0. The highest BCUT2D eigenvalue weighted by molar-refractivity contribution is 7.99. The van der Waals surface area contributed by atoms with Crippen LogP contribution >= 0.6 is 11.8 Å². The highest BCUT2D eigenvalue weighted by atomic mass is 32.2. The number of likely N-dealkylation sites (N-methyl/N-ethyl adjacent to an activating group) is 1. The van der Waals surface area contributed by atoms with Crippen LogP contribution in [0.4, 0.5) is 0 Å². The first-order valence-electron chi connectivity index (χ1n) is 4.95. The van der Waals surface area contributed by atoms with Crippen molar-refractivity contribution in [3.63, 3.8) is 0 Å². The smallest absolute Gasteiger partial charge is 0.239 e. The first-order valence-corrected chi connectivity index (χ1v) is 6.24. The van der Waals surface area contributed by atoms with E-state index in [1.807, 2.05) is 27.0 Å². The molecule has 0 aromatic carbocycles. The quantitative estimate of drug-likeness (QED) is 0.760. The summed E-state index contributed by atoms with van der Waals surface area (Å²) in [7, 11) is 1.65. The first-order chi connectivity index (χ1) is 6.88. The molecular formula is C10H20N2O2S. The summed E-state index contributed by atoms with van der Waals surface area (Å²) in [5.74, 6) is -0.129. The molecule has 0 aliphatic rings. The minimum absolute atomic E-state index is 0.0126. The van der Waals surface area contributed by atoms with Crippen LogP contribution < -0.4 is 5.32 Å². The molecule has 15 heavy (non-hydrogen) atoms. The maximum atomic E-state index is 11.6. The number of thioether (sulfide) groups is 1. The van der Waals surface area contributed by atoms with Crippen LogP contribution in [0.2, 0.25) is 0 Å². The molecule has 0 radical (unpaired) electrons. The van der Waals surface area contributed by atoms with Crippen molar-refractivity contribution in [1.29, 1.82) is 0 Å². The molecule has 1 atom stereocenters. The maximum absolute atomic E-state index is 11.6. The van der Waals surface area contributed by atoms with Crippen LogP contribution in [0.15, 0.2) is 0 Å². The number of nitrogens with zero attached hydrogens (tertiary/aromatic N) is 1. The minimum Gasteiger partial charge on any atom is -0.352 e. The van der Waals surface area contributed by atoms with E-state index in [9.17, 15) is 9.59 Å². The summed E-state index contributed by atoms with van der Waals surface area (Å²) in [4.78, 5) is 24.4. The van der Waals surface area contributed by atoms with Gasteiger partial charge in [0, 0.05) is 13.1 Å². The minimum atomic E-state index is -0.117. The molecule has 0 heterocycles. The van der Waals surface area contributed by atoms with Crippen LogP contribution in [0.3, 0.4) is 0 Å². The van der Waals surface area contributed by atoms with Gasteiger partial charge in [-0.05, 0) is 27.0 Å². The molecule has 0 aromatic rings. The van der Waals surface area contributed by atoms with E-state index in [1.165, 1.54) is 16.7 Å². The Balaban J connectivity index is 4.07. The normalized spacial score (nSPS) is 12.4. The van der Waals surface area contributed by atoms with Crippen LogP contribution in [-0.2, 0) is 9.59 Å². The molecule has 5 heteroatoms. The van der Waals surface area contributed by atoms with Crippen molar-refractivity contribution < 1.29 is 9.59 Å². The van der Waals surface area contributed by atoms with Gasteiger partial charge in [-0.15, -0.1) is 0 Å². The van der Waals surface area contributed by atoms with Crippen LogP contribution in [-0.4, -0.2) is 47.9 Å². The lowest BCUT2D eigenvalue weighted by atomic mass is 10.3. The molecule has 0 spiro atoms. The Hall–Kier alpha value is -0.710. The fraction of sp³-hybridized carbons (Fsp3) is 0.800. The molecule has 0 rings (SSSR count). The first kappa shape index (κ1) is 14.3. The molecule has 0 saturated carbocycles. The van der Waals surface area contributed by atoms with Gasteiger partial charge in [-0.1, -0.05) is 0 Å². The number of nitrogens with one attached hydrogen (secondary N) is 1. The molecule has 0 aliphatic heterocycles. The molecule has 0 fully saturated rings. The number of carbonyl (C=O) groups excluding carboxylic acids is 2. The molecule has 1 N–H and O–H groups in total. The van der Waals surface area contributed by atoms with E-state index in [4.69, 9.17) is 0 Å². The highest BCUT2D eigenvalue weighted by Crippen LogP contribution is 2.07. The molecule has 88 valence electrons. The van der Waals surface area contributed by atoms with E-state index in [1.54, 1.807) is 7.05 Å². The van der Waals surface area contributed by atoms with Gasteiger partial charge in [-0.2, -0.15) is 11.8 Å². The standard InChI is InChI=1S/C10H20N2O2S/c1-7(2)11-9(13)6-12(4)10(14)8(3)15-5/h7-8H,6H2,1-5H3,(H,11,13)/t8-/m0/s1. The monoisotopic (exact) mass is 232 g/mol. The molecule has 0 bridgehead atoms. The van der Waals surface area contributed by atoms with Crippen molar-refractivity contribution >= 4 is 23.6 Å². The second-order valence-corrected chi connectivity index (χ2v) is 4.97. The lowest BCUT2D eigenvalue weighted by Gasteiger charge is -2.20. The fourth-order valence-corrected chi connectivity index (χ4v) is 1.45. The Morgan fingerprint density at radius 3 is 2.27 bits per heavy atom. The number of hydrogen-bond acceptors (Lipinski definition) is 3. The van der Waals surface area contributed by atoms with E-state index < -0.39 is 0 Å². The summed E-state index contributed by atoms with van der Waals surface area (Å²) >= 11 is 1.48. The number of rotatable bonds is 5. The zero-order valence-corrected chi connectivity index (χ0v) is 10.9. The summed E-state index contributed by atoms with van der Waals surface area (Å²) in [6.07, 6.45) is 1.88. The van der Waals surface area contributed by atoms with Crippen molar-refractivity contribution in [3.8, 4) is 0 Å². The van der Waals surface area contributed by atoms with Gasteiger partial charge in [0.1, 0.15) is 0 Å². The van der Waals surface area contributed by atoms with Gasteiger partial charge in [-0.3, -0.25) is 9.59 Å². The summed E-state index contributed by atoms with van der Waals surface area (Å²) in [6, 6.07) is 0.110. The molecule has 0 unspecified atom stereocenters. The Kier molecular flexibility index (Phi) is 6.40. The van der Waals surface area contributed by atoms with Gasteiger partial charge in [0.05, 0.1) is 11.8 Å². The predicted molar refractivity (Wildman–Crippen MR) is 63.9 cm³/mol. The Labute approximate surface area is 95.8 Å². The predicted octanol–water partition coefficient (Wildman–Crippen LogP) is 0.721. The van der Waals surface area contributed by atoms with E-state index in [2.05, 4.69) is 5.32 Å². The van der Waals surface area contributed by atoms with Gasteiger partial charge in [0.25, 0.3) is 0 Å². The van der Waals surface area contributed by atoms with E-state index in [0.717, 1.165) is 0 Å². The van der Waals surface area contributed by atoms with Crippen LogP contribution in [0.5, 0.6) is 0 Å². The maximum Gasteiger partial charge on any atom is 0.239 e. The van der Waals surface area contributed by atoms with Crippen LogP contribution in [0.25, 0.3) is 0 Å². The topological polar surface area (TPSA) is 49.4 Å². The largest absolute Gasteiger partial charge is 0.352 e. The second kappa shape index (κ2) is 6.71. The Morgan fingerprint density at radius 1 is 1.33 bits per heavy atom. The molecule has 0 aliphatic carbocycles. The van der Waals surface area contributed by atoms with Crippen molar-refractivity contribution in [2.45, 2.75) is 32.1 Å². The number of hydrogen-bond donors (Lipinski definition) is 1.